The number of oxime groups is 1. The van der Waals surface area contributed by atoms with Crippen LogP contribution in [-0.2, 0) is 4.79 Å². The highest BCUT2D eigenvalue weighted by Crippen LogP contribution is 2.12. The van der Waals surface area contributed by atoms with Crippen LogP contribution in [0.3, 0.4) is 0 Å². The molecule has 0 saturated heterocycles. The SMILES string of the molecule is O=C1C([N+](=O)[O-])=CCCC1=NO. The van der Waals surface area contributed by atoms with Crippen molar-refractivity contribution in [2.75, 3.05) is 0 Å². The Kier molecular flexibility index (Phi) is 2.18. The summed E-state index contributed by atoms with van der Waals surface area (Å²) in [5.74, 6) is -0.797. The van der Waals surface area contributed by atoms with Crippen molar-refractivity contribution in [3.63, 3.8) is 0 Å². The van der Waals surface area contributed by atoms with Gasteiger partial charge in [-0.25, -0.2) is 0 Å². The number of hydrogen-bond donors (Lipinski definition) is 1. The summed E-state index contributed by atoms with van der Waals surface area (Å²) in [5, 5.41) is 21.2. The average molecular weight is 170 g/mol. The number of ketones is 1. The predicted molar refractivity (Wildman–Crippen MR) is 38.5 cm³/mol. The van der Waals surface area contributed by atoms with Crippen molar-refractivity contribution >= 4 is 11.5 Å². The van der Waals surface area contributed by atoms with Gasteiger partial charge in [-0.3, -0.25) is 14.9 Å². The maximum Gasteiger partial charge on any atom is 0.314 e. The van der Waals surface area contributed by atoms with Crippen LogP contribution >= 0.6 is 0 Å². The van der Waals surface area contributed by atoms with Crippen molar-refractivity contribution < 1.29 is 14.9 Å². The highest BCUT2D eigenvalue weighted by Gasteiger charge is 2.30. The molecule has 0 amide bonds. The van der Waals surface area contributed by atoms with E-state index >= 15 is 0 Å². The van der Waals surface area contributed by atoms with Gasteiger partial charge in [-0.2, -0.15) is 0 Å². The van der Waals surface area contributed by atoms with Crippen LogP contribution in [0.4, 0.5) is 0 Å². The summed E-state index contributed by atoms with van der Waals surface area (Å²) in [6, 6.07) is 0. The van der Waals surface area contributed by atoms with Gasteiger partial charge in [0.1, 0.15) is 5.71 Å². The number of nitrogens with zero attached hydrogens (tertiary/aromatic N) is 2. The van der Waals surface area contributed by atoms with Crippen molar-refractivity contribution in [3.8, 4) is 0 Å². The molecule has 0 aromatic rings. The van der Waals surface area contributed by atoms with E-state index in [9.17, 15) is 14.9 Å². The fourth-order valence-corrected chi connectivity index (χ4v) is 0.953. The van der Waals surface area contributed by atoms with Gasteiger partial charge < -0.3 is 5.21 Å². The molecule has 1 N–H and O–H groups in total. The molecule has 0 unspecified atom stereocenters. The second-order valence-corrected chi connectivity index (χ2v) is 2.26. The molecule has 6 heteroatoms. The van der Waals surface area contributed by atoms with Crippen molar-refractivity contribution in [1.29, 1.82) is 0 Å². The van der Waals surface area contributed by atoms with Gasteiger partial charge in [0.05, 0.1) is 4.92 Å². The van der Waals surface area contributed by atoms with Crippen LogP contribution in [0, 0.1) is 10.1 Å². The zero-order valence-electron chi connectivity index (χ0n) is 6.06. The second kappa shape index (κ2) is 3.12. The third-order valence-electron chi connectivity index (χ3n) is 1.53. The Balaban J connectivity index is 2.98. The molecule has 1 aliphatic rings. The highest BCUT2D eigenvalue weighted by atomic mass is 16.6. The summed E-state index contributed by atoms with van der Waals surface area (Å²) in [5.41, 5.74) is -0.654. The zero-order valence-corrected chi connectivity index (χ0v) is 6.06. The van der Waals surface area contributed by atoms with Crippen LogP contribution in [0.5, 0.6) is 0 Å². The molecule has 1 aliphatic carbocycles. The Morgan fingerprint density at radius 2 is 2.33 bits per heavy atom. The molecule has 64 valence electrons. The second-order valence-electron chi connectivity index (χ2n) is 2.26. The minimum Gasteiger partial charge on any atom is -0.411 e. The monoisotopic (exact) mass is 170 g/mol. The minimum atomic E-state index is -0.797. The fourth-order valence-electron chi connectivity index (χ4n) is 0.953. The van der Waals surface area contributed by atoms with E-state index in [0.29, 0.717) is 6.42 Å². The molecule has 0 heterocycles. The Hall–Kier alpha value is -1.72. The van der Waals surface area contributed by atoms with Gasteiger partial charge in [0.25, 0.3) is 5.78 Å². The maximum absolute atomic E-state index is 11.0. The molecule has 1 rings (SSSR count). The maximum atomic E-state index is 11.0. The molecule has 0 saturated carbocycles. The van der Waals surface area contributed by atoms with Crippen LogP contribution < -0.4 is 0 Å². The molecule has 0 aromatic heterocycles. The van der Waals surface area contributed by atoms with Crippen molar-refractivity contribution in [2.45, 2.75) is 12.8 Å². The topological polar surface area (TPSA) is 92.8 Å². The van der Waals surface area contributed by atoms with Gasteiger partial charge in [0.15, 0.2) is 0 Å². The van der Waals surface area contributed by atoms with Crippen LogP contribution in [0.15, 0.2) is 16.9 Å². The Morgan fingerprint density at radius 1 is 1.67 bits per heavy atom. The largest absolute Gasteiger partial charge is 0.411 e. The van der Waals surface area contributed by atoms with E-state index in [-0.39, 0.29) is 12.1 Å². The first kappa shape index (κ1) is 8.38. The van der Waals surface area contributed by atoms with E-state index in [1.807, 2.05) is 0 Å². The van der Waals surface area contributed by atoms with Gasteiger partial charge in [-0.1, -0.05) is 5.16 Å². The highest BCUT2D eigenvalue weighted by molar-refractivity contribution is 6.45. The molecular formula is C6H6N2O4. The molecule has 0 radical (unpaired) electrons. The average Bonchev–Trinajstić information content (AvgIpc) is 2.04. The summed E-state index contributed by atoms with van der Waals surface area (Å²) in [4.78, 5) is 20.4. The number of nitro groups is 1. The van der Waals surface area contributed by atoms with Crippen molar-refractivity contribution in [1.82, 2.24) is 0 Å². The normalized spacial score (nSPS) is 20.8. The summed E-state index contributed by atoms with van der Waals surface area (Å²) in [7, 11) is 0. The molecule has 0 spiro atoms. The number of Topliss-reactive ketones (excluding diaryl/α,β-unsaturated/α-hetero) is 1. The fraction of sp³-hybridized carbons (Fsp3) is 0.333. The number of carbonyl (C=O) groups is 1. The molecule has 0 bridgehead atoms. The van der Waals surface area contributed by atoms with Gasteiger partial charge in [0, 0.05) is 6.42 Å². The Bertz CT molecular complexity index is 292. The molecular weight excluding hydrogens is 164 g/mol. The van der Waals surface area contributed by atoms with Crippen LogP contribution in [0.2, 0.25) is 0 Å². The molecule has 12 heavy (non-hydrogen) atoms. The summed E-state index contributed by atoms with van der Waals surface area (Å²) >= 11 is 0. The predicted octanol–water partition coefficient (Wildman–Crippen LogP) is 0.340. The summed E-state index contributed by atoms with van der Waals surface area (Å²) in [6.07, 6.45) is 1.85. The number of rotatable bonds is 1. The van der Waals surface area contributed by atoms with Crippen LogP contribution in [-0.4, -0.2) is 21.6 Å². The Morgan fingerprint density at radius 3 is 2.83 bits per heavy atom. The van der Waals surface area contributed by atoms with E-state index in [1.54, 1.807) is 0 Å². The molecule has 0 aromatic carbocycles. The first-order valence-corrected chi connectivity index (χ1v) is 3.27. The van der Waals surface area contributed by atoms with E-state index < -0.39 is 16.4 Å². The lowest BCUT2D eigenvalue weighted by Crippen LogP contribution is -2.24. The zero-order chi connectivity index (χ0) is 9.14. The molecule has 6 nitrogen and oxygen atoms in total. The summed E-state index contributed by atoms with van der Waals surface area (Å²) < 4.78 is 0. The number of hydrogen-bond acceptors (Lipinski definition) is 5. The van der Waals surface area contributed by atoms with E-state index in [0.717, 1.165) is 0 Å². The van der Waals surface area contributed by atoms with Gasteiger partial charge in [-0.15, -0.1) is 0 Å². The first-order chi connectivity index (χ1) is 5.66. The van der Waals surface area contributed by atoms with E-state index in [1.165, 1.54) is 6.08 Å². The van der Waals surface area contributed by atoms with E-state index in [2.05, 4.69) is 5.16 Å². The molecule has 0 aliphatic heterocycles. The van der Waals surface area contributed by atoms with Gasteiger partial charge in [-0.05, 0) is 12.5 Å². The quantitative estimate of drug-likeness (QED) is 0.349. The Labute approximate surface area is 67.3 Å². The van der Waals surface area contributed by atoms with Crippen LogP contribution in [0.25, 0.3) is 0 Å². The van der Waals surface area contributed by atoms with Gasteiger partial charge in [0.2, 0.25) is 0 Å². The molecule has 0 atom stereocenters. The number of carbonyl (C=O) groups excluding carboxylic acids is 1. The third kappa shape index (κ3) is 1.31. The smallest absolute Gasteiger partial charge is 0.314 e. The lowest BCUT2D eigenvalue weighted by molar-refractivity contribution is -0.418. The standard InChI is InChI=1S/C6H6N2O4/c9-6-4(7-10)2-1-3-5(6)8(11)12/h3,10H,1-2H2. The molecule has 0 fully saturated rings. The minimum absolute atomic E-state index is 0.149. The first-order valence-electron chi connectivity index (χ1n) is 3.27. The lowest BCUT2D eigenvalue weighted by atomic mass is 10.0. The third-order valence-corrected chi connectivity index (χ3v) is 1.53. The van der Waals surface area contributed by atoms with Gasteiger partial charge >= 0.3 is 5.70 Å². The van der Waals surface area contributed by atoms with Crippen molar-refractivity contribution in [3.05, 3.63) is 21.9 Å². The number of allylic oxidation sites excluding steroid dienone is 2. The van der Waals surface area contributed by atoms with E-state index in [4.69, 9.17) is 5.21 Å². The lowest BCUT2D eigenvalue weighted by Gasteiger charge is -2.04. The van der Waals surface area contributed by atoms with Crippen LogP contribution in [0.1, 0.15) is 12.8 Å². The summed E-state index contributed by atoms with van der Waals surface area (Å²) in [6.45, 7) is 0. The van der Waals surface area contributed by atoms with Crippen molar-refractivity contribution in [2.24, 2.45) is 5.16 Å².